The second-order valence-corrected chi connectivity index (χ2v) is 8.58. The zero-order chi connectivity index (χ0) is 14.5. The molecule has 0 saturated carbocycles. The third-order valence-electron chi connectivity index (χ3n) is 2.84. The van der Waals surface area contributed by atoms with E-state index in [1.807, 2.05) is 11.8 Å². The summed E-state index contributed by atoms with van der Waals surface area (Å²) in [7, 11) is 0. The number of hydrogen-bond donors (Lipinski definition) is 1. The fraction of sp³-hybridized carbons (Fsp3) is 0.647. The zero-order valence-electron chi connectivity index (χ0n) is 13.3. The van der Waals surface area contributed by atoms with Gasteiger partial charge in [-0.05, 0) is 56.1 Å². The van der Waals surface area contributed by atoms with Crippen molar-refractivity contribution in [2.45, 2.75) is 64.9 Å². The van der Waals surface area contributed by atoms with Crippen molar-refractivity contribution in [3.05, 3.63) is 29.8 Å². The second kappa shape index (κ2) is 6.81. The molecule has 2 heteroatoms. The van der Waals surface area contributed by atoms with Crippen LogP contribution >= 0.6 is 11.8 Å². The molecule has 0 aliphatic rings. The average molecular weight is 279 g/mol. The van der Waals surface area contributed by atoms with Gasteiger partial charge < -0.3 is 5.32 Å². The molecular formula is C17H29NS. The maximum absolute atomic E-state index is 3.54. The molecule has 1 nitrogen and oxygen atoms in total. The molecule has 0 atom stereocenters. The quantitative estimate of drug-likeness (QED) is 0.752. The van der Waals surface area contributed by atoms with Crippen LogP contribution in [0.1, 0.15) is 53.5 Å². The number of hydrogen-bond acceptors (Lipinski definition) is 2. The smallest absolute Gasteiger partial charge is 0.0210 e. The van der Waals surface area contributed by atoms with E-state index in [2.05, 4.69) is 71.1 Å². The minimum absolute atomic E-state index is 0.176. The van der Waals surface area contributed by atoms with Crippen molar-refractivity contribution in [1.29, 1.82) is 0 Å². The first kappa shape index (κ1) is 16.6. The van der Waals surface area contributed by atoms with Crippen LogP contribution in [0.3, 0.4) is 0 Å². The average Bonchev–Trinajstić information content (AvgIpc) is 2.24. The lowest BCUT2D eigenvalue weighted by atomic mass is 9.94. The number of thioether (sulfide) groups is 1. The Hall–Kier alpha value is -0.470. The first-order chi connectivity index (χ1) is 8.66. The van der Waals surface area contributed by atoms with Crippen molar-refractivity contribution in [2.75, 3.05) is 5.75 Å². The molecule has 1 aromatic rings. The van der Waals surface area contributed by atoms with E-state index in [1.165, 1.54) is 22.6 Å². The number of nitrogens with one attached hydrogen (secondary N) is 1. The lowest BCUT2D eigenvalue weighted by Gasteiger charge is -2.21. The normalized spacial score (nSPS) is 12.7. The van der Waals surface area contributed by atoms with Gasteiger partial charge in [-0.2, -0.15) is 0 Å². The van der Waals surface area contributed by atoms with Crippen LogP contribution in [-0.4, -0.2) is 11.3 Å². The summed E-state index contributed by atoms with van der Waals surface area (Å²) in [6.07, 6.45) is 1.25. The Balaban J connectivity index is 2.48. The molecule has 0 radical (unpaired) electrons. The molecule has 0 aliphatic carbocycles. The first-order valence-electron chi connectivity index (χ1n) is 7.12. The van der Waals surface area contributed by atoms with Crippen LogP contribution in [0.15, 0.2) is 29.2 Å². The number of rotatable bonds is 5. The van der Waals surface area contributed by atoms with E-state index < -0.39 is 0 Å². The van der Waals surface area contributed by atoms with E-state index in [9.17, 15) is 0 Å². The summed E-state index contributed by atoms with van der Waals surface area (Å²) in [5, 5.41) is 3.54. The molecule has 0 heterocycles. The van der Waals surface area contributed by atoms with E-state index in [0.717, 1.165) is 6.54 Å². The summed E-state index contributed by atoms with van der Waals surface area (Å²) in [6, 6.07) is 8.89. The van der Waals surface area contributed by atoms with Crippen molar-refractivity contribution in [3.8, 4) is 0 Å². The molecule has 0 aliphatic heterocycles. The Morgan fingerprint density at radius 1 is 1.05 bits per heavy atom. The molecule has 108 valence electrons. The first-order valence-corrected chi connectivity index (χ1v) is 8.11. The highest BCUT2D eigenvalue weighted by Gasteiger charge is 2.10. The predicted octanol–water partition coefficient (Wildman–Crippen LogP) is 5.10. The Labute approximate surface area is 123 Å². The van der Waals surface area contributed by atoms with Crippen LogP contribution in [0.2, 0.25) is 0 Å². The van der Waals surface area contributed by atoms with Crippen molar-refractivity contribution < 1.29 is 0 Å². The van der Waals surface area contributed by atoms with Crippen LogP contribution in [0.5, 0.6) is 0 Å². The highest BCUT2D eigenvalue weighted by atomic mass is 32.2. The largest absolute Gasteiger partial charge is 0.308 e. The molecule has 1 rings (SSSR count). The van der Waals surface area contributed by atoms with E-state index in [-0.39, 0.29) is 5.54 Å². The Morgan fingerprint density at radius 3 is 2.32 bits per heavy atom. The van der Waals surface area contributed by atoms with Crippen molar-refractivity contribution in [2.24, 2.45) is 5.41 Å². The van der Waals surface area contributed by atoms with Crippen LogP contribution in [0.25, 0.3) is 0 Å². The summed E-state index contributed by atoms with van der Waals surface area (Å²) in [4.78, 5) is 1.39. The molecule has 19 heavy (non-hydrogen) atoms. The van der Waals surface area contributed by atoms with Crippen LogP contribution in [0, 0.1) is 5.41 Å². The Kier molecular flexibility index (Phi) is 5.94. The van der Waals surface area contributed by atoms with Gasteiger partial charge in [0.2, 0.25) is 0 Å². The van der Waals surface area contributed by atoms with Gasteiger partial charge in [0, 0.05) is 17.0 Å². The maximum atomic E-state index is 3.54. The van der Waals surface area contributed by atoms with Gasteiger partial charge in [0.25, 0.3) is 0 Å². The maximum Gasteiger partial charge on any atom is 0.0210 e. The lowest BCUT2D eigenvalue weighted by molar-refractivity contribution is 0.401. The van der Waals surface area contributed by atoms with Gasteiger partial charge in [0.15, 0.2) is 0 Å². The summed E-state index contributed by atoms with van der Waals surface area (Å²) < 4.78 is 0. The highest BCUT2D eigenvalue weighted by Crippen LogP contribution is 2.26. The molecule has 0 unspecified atom stereocenters. The van der Waals surface area contributed by atoms with Gasteiger partial charge in [-0.3, -0.25) is 0 Å². The molecular weight excluding hydrogens is 250 g/mol. The molecule has 0 spiro atoms. The minimum Gasteiger partial charge on any atom is -0.308 e. The van der Waals surface area contributed by atoms with E-state index in [4.69, 9.17) is 0 Å². The van der Waals surface area contributed by atoms with Crippen molar-refractivity contribution >= 4 is 11.8 Å². The van der Waals surface area contributed by atoms with Crippen molar-refractivity contribution in [1.82, 2.24) is 5.32 Å². The predicted molar refractivity (Wildman–Crippen MR) is 87.8 cm³/mol. The molecule has 1 aromatic carbocycles. The fourth-order valence-electron chi connectivity index (χ4n) is 1.59. The van der Waals surface area contributed by atoms with Crippen LogP contribution in [-0.2, 0) is 6.54 Å². The summed E-state index contributed by atoms with van der Waals surface area (Å²) in [6.45, 7) is 14.5. The molecule has 0 bridgehead atoms. The molecule has 0 amide bonds. The zero-order valence-corrected chi connectivity index (χ0v) is 14.2. The molecule has 0 aromatic heterocycles. The Morgan fingerprint density at radius 2 is 1.74 bits per heavy atom. The second-order valence-electron chi connectivity index (χ2n) is 7.41. The van der Waals surface area contributed by atoms with Gasteiger partial charge in [0.05, 0.1) is 0 Å². The molecule has 0 fully saturated rings. The summed E-state index contributed by atoms with van der Waals surface area (Å²) >= 11 is 1.97. The number of benzene rings is 1. The highest BCUT2D eigenvalue weighted by molar-refractivity contribution is 7.99. The van der Waals surface area contributed by atoms with Gasteiger partial charge in [-0.15, -0.1) is 11.8 Å². The Bertz CT molecular complexity index is 385. The minimum atomic E-state index is 0.176. The van der Waals surface area contributed by atoms with E-state index in [0.29, 0.717) is 5.41 Å². The fourth-order valence-corrected chi connectivity index (χ4v) is 2.95. The van der Waals surface area contributed by atoms with Gasteiger partial charge in [0.1, 0.15) is 0 Å². The summed E-state index contributed by atoms with van der Waals surface area (Å²) in [5.41, 5.74) is 1.98. The lowest BCUT2D eigenvalue weighted by Crippen LogP contribution is -2.35. The van der Waals surface area contributed by atoms with Crippen LogP contribution in [0.4, 0.5) is 0 Å². The van der Waals surface area contributed by atoms with E-state index in [1.54, 1.807) is 0 Å². The topological polar surface area (TPSA) is 12.0 Å². The third kappa shape index (κ3) is 8.33. The summed E-state index contributed by atoms with van der Waals surface area (Å²) in [5.74, 6) is 1.19. The standard InChI is InChI=1S/C17H29NS/c1-16(2,3)10-11-19-15-9-7-8-14(12-15)13-18-17(4,5)6/h7-9,12,18H,10-11,13H2,1-6H3. The third-order valence-corrected chi connectivity index (χ3v) is 3.84. The van der Waals surface area contributed by atoms with Gasteiger partial charge in [-0.1, -0.05) is 32.9 Å². The molecule has 1 N–H and O–H groups in total. The van der Waals surface area contributed by atoms with Gasteiger partial charge in [-0.25, -0.2) is 0 Å². The van der Waals surface area contributed by atoms with Crippen LogP contribution < -0.4 is 5.32 Å². The van der Waals surface area contributed by atoms with Crippen molar-refractivity contribution in [3.63, 3.8) is 0 Å². The monoisotopic (exact) mass is 279 g/mol. The molecule has 0 saturated heterocycles. The van der Waals surface area contributed by atoms with Gasteiger partial charge >= 0.3 is 0 Å². The SMILES string of the molecule is CC(C)(C)CCSc1cccc(CNC(C)(C)C)c1. The van der Waals surface area contributed by atoms with E-state index >= 15 is 0 Å².